The molecule has 0 aromatic rings. The molecule has 0 rings (SSSR count). The zero-order valence-electron chi connectivity index (χ0n) is 5.70. The number of rotatable bonds is 0. The van der Waals surface area contributed by atoms with Gasteiger partial charge in [-0.25, -0.2) is 4.57 Å². The molecule has 0 saturated heterocycles. The summed E-state index contributed by atoms with van der Waals surface area (Å²) in [4.78, 5) is 21.6. The van der Waals surface area contributed by atoms with Gasteiger partial charge in [0.15, 0.2) is 0 Å². The summed E-state index contributed by atoms with van der Waals surface area (Å²) in [6, 6.07) is 0. The summed E-state index contributed by atoms with van der Waals surface area (Å²) in [5.41, 5.74) is 0. The monoisotopic (exact) mass is 141 g/mol. The fraction of sp³-hybridized carbons (Fsp3) is 0. The summed E-state index contributed by atoms with van der Waals surface area (Å²) in [5, 5.41) is 0. The summed E-state index contributed by atoms with van der Waals surface area (Å²) in [7, 11) is -4.64. The van der Waals surface area contributed by atoms with E-state index >= 15 is 0 Å². The van der Waals surface area contributed by atoms with Crippen LogP contribution in [0.3, 0.4) is 0 Å². The van der Waals surface area contributed by atoms with Crippen molar-refractivity contribution >= 4 is 7.82 Å². The topological polar surface area (TPSA) is 109 Å². The second-order valence-electron chi connectivity index (χ2n) is 0.513. The van der Waals surface area contributed by atoms with Crippen LogP contribution < -0.4 is 29.6 Å². The largest absolute Gasteiger partial charge is 1.00 e. The van der Waals surface area contributed by atoms with Gasteiger partial charge < -0.3 is 21.6 Å². The van der Waals surface area contributed by atoms with E-state index in [0.29, 0.717) is 0 Å². The Morgan fingerprint density at radius 2 is 1.43 bits per heavy atom. The van der Waals surface area contributed by atoms with Gasteiger partial charge in [0.25, 0.3) is 0 Å². The van der Waals surface area contributed by atoms with Gasteiger partial charge in [-0.15, -0.1) is 0 Å². The standard InChI is InChI=1S/Na.H3O4P.H2O.H/c;1-5(2,3)4;;/h;(H3,1,2,3,4);1H2;/q+1;;;-1/p+1. The molecule has 0 aliphatic rings. The van der Waals surface area contributed by atoms with E-state index < -0.39 is 7.82 Å². The molecule has 0 aromatic carbocycles. The molecule has 0 bridgehead atoms. The molecule has 0 spiro atoms. The van der Waals surface area contributed by atoms with Gasteiger partial charge in [0, 0.05) is 0 Å². The Kier molecular flexibility index (Phi) is 11.7. The van der Waals surface area contributed by atoms with Crippen LogP contribution in [0.1, 0.15) is 2.85 Å². The molecule has 7 heavy (non-hydrogen) atoms. The zero-order chi connectivity index (χ0) is 4.50. The third kappa shape index (κ3) is 159. The molecule has 0 aliphatic heterocycles. The van der Waals surface area contributed by atoms with E-state index in [4.69, 9.17) is 19.2 Å². The van der Waals surface area contributed by atoms with Crippen molar-refractivity contribution < 1.29 is 57.1 Å². The molecule has 5 nitrogen and oxygen atoms in total. The molecule has 0 heterocycles. The molecule has 42 valence electrons. The van der Waals surface area contributed by atoms with Crippen LogP contribution in [0.4, 0.5) is 0 Å². The average Bonchev–Trinajstić information content (AvgIpc) is 0.722. The third-order valence-corrected chi connectivity index (χ3v) is 0. The first-order valence-electron chi connectivity index (χ1n) is 0.783. The molecule has 0 radical (unpaired) electrons. The van der Waals surface area contributed by atoms with Crippen molar-refractivity contribution in [2.45, 2.75) is 0 Å². The minimum atomic E-state index is -4.64. The molecular formula is H7NaO5P+. The predicted octanol–water partition coefficient (Wildman–Crippen LogP) is -4.52. The Labute approximate surface area is 65.2 Å². The quantitative estimate of drug-likeness (QED) is 0.233. The van der Waals surface area contributed by atoms with E-state index in [1.165, 1.54) is 0 Å². The molecule has 7 heteroatoms. The Hall–Kier alpha value is 1.07. The number of hydrogen-bond donors (Lipinski definition) is 3. The van der Waals surface area contributed by atoms with Gasteiger partial charge in [-0.3, -0.25) is 0 Å². The zero-order valence-corrected chi connectivity index (χ0v) is 6.59. The van der Waals surface area contributed by atoms with Gasteiger partial charge >= 0.3 is 38.8 Å². The summed E-state index contributed by atoms with van der Waals surface area (Å²) in [6.07, 6.45) is 0. The van der Waals surface area contributed by atoms with E-state index in [-0.39, 0.29) is 37.9 Å². The Morgan fingerprint density at radius 3 is 1.43 bits per heavy atom. The number of phosphoric acid groups is 1. The Bertz CT molecular complexity index is 61.1. The first-order chi connectivity index (χ1) is 2.00. The number of hydrogen-bond acceptors (Lipinski definition) is 1. The van der Waals surface area contributed by atoms with E-state index in [2.05, 4.69) is 0 Å². The van der Waals surface area contributed by atoms with Crippen LogP contribution in [0.25, 0.3) is 0 Å². The van der Waals surface area contributed by atoms with Crippen LogP contribution >= 0.6 is 7.82 Å². The minimum Gasteiger partial charge on any atom is -1.00 e. The van der Waals surface area contributed by atoms with Crippen LogP contribution in [0.15, 0.2) is 0 Å². The average molecular weight is 141 g/mol. The molecule has 0 aromatic heterocycles. The van der Waals surface area contributed by atoms with E-state index in [9.17, 15) is 0 Å². The van der Waals surface area contributed by atoms with Gasteiger partial charge in [-0.2, -0.15) is 0 Å². The van der Waals surface area contributed by atoms with Crippen molar-refractivity contribution in [3.8, 4) is 0 Å². The molecule has 0 amide bonds. The van der Waals surface area contributed by atoms with Gasteiger partial charge in [-0.05, 0) is 0 Å². The molecule has 0 atom stereocenters. The summed E-state index contributed by atoms with van der Waals surface area (Å²) < 4.78 is 8.88. The van der Waals surface area contributed by atoms with Crippen LogP contribution in [0.5, 0.6) is 0 Å². The van der Waals surface area contributed by atoms with Crippen LogP contribution in [0, 0.1) is 0 Å². The van der Waals surface area contributed by atoms with Gasteiger partial charge in [-0.1, -0.05) is 0 Å². The fourth-order valence-electron chi connectivity index (χ4n) is 0. The molecule has 0 unspecified atom stereocenters. The SMILES string of the molecule is O.O=P(O)(O)O.[H+].[H-].[Na+]. The summed E-state index contributed by atoms with van der Waals surface area (Å²) in [5.74, 6) is 0. The summed E-state index contributed by atoms with van der Waals surface area (Å²) in [6.45, 7) is 0. The maximum atomic E-state index is 8.88. The third-order valence-electron chi connectivity index (χ3n) is 0. The van der Waals surface area contributed by atoms with Crippen molar-refractivity contribution in [2.75, 3.05) is 0 Å². The molecular weight excluding hydrogens is 134 g/mol. The van der Waals surface area contributed by atoms with Crippen molar-refractivity contribution in [1.29, 1.82) is 0 Å². The maximum absolute atomic E-state index is 8.88. The fourth-order valence-corrected chi connectivity index (χ4v) is 0. The smallest absolute Gasteiger partial charge is 1.00 e. The van der Waals surface area contributed by atoms with Crippen LogP contribution in [-0.2, 0) is 4.57 Å². The first kappa shape index (κ1) is 15.7. The summed E-state index contributed by atoms with van der Waals surface area (Å²) >= 11 is 0. The van der Waals surface area contributed by atoms with Gasteiger partial charge in [0.2, 0.25) is 0 Å². The van der Waals surface area contributed by atoms with Crippen molar-refractivity contribution in [3.05, 3.63) is 0 Å². The van der Waals surface area contributed by atoms with Crippen molar-refractivity contribution in [2.24, 2.45) is 0 Å². The van der Waals surface area contributed by atoms with E-state index in [0.717, 1.165) is 0 Å². The van der Waals surface area contributed by atoms with Gasteiger partial charge in [0.05, 0.1) is 0 Å². The Morgan fingerprint density at radius 1 is 1.43 bits per heavy atom. The second kappa shape index (κ2) is 5.21. The van der Waals surface area contributed by atoms with E-state index in [1.807, 2.05) is 0 Å². The predicted molar refractivity (Wildman–Crippen MR) is 20.1 cm³/mol. The minimum absolute atomic E-state index is 0. The molecule has 0 aliphatic carbocycles. The second-order valence-corrected chi connectivity index (χ2v) is 1.54. The molecule has 5 N–H and O–H groups in total. The maximum Gasteiger partial charge on any atom is 1.00 e. The molecule has 0 saturated carbocycles. The van der Waals surface area contributed by atoms with Crippen molar-refractivity contribution in [3.63, 3.8) is 0 Å². The Balaban J connectivity index is -0.0000000133. The van der Waals surface area contributed by atoms with Gasteiger partial charge in [0.1, 0.15) is 0 Å². The van der Waals surface area contributed by atoms with Crippen LogP contribution in [-0.4, -0.2) is 20.2 Å². The van der Waals surface area contributed by atoms with Crippen molar-refractivity contribution in [1.82, 2.24) is 0 Å². The molecule has 0 fully saturated rings. The normalized spacial score (nSPS) is 8.43. The van der Waals surface area contributed by atoms with Crippen LogP contribution in [0.2, 0.25) is 0 Å². The first-order valence-corrected chi connectivity index (χ1v) is 2.35. The van der Waals surface area contributed by atoms with E-state index in [1.54, 1.807) is 0 Å².